The summed E-state index contributed by atoms with van der Waals surface area (Å²) in [6, 6.07) is 0. The van der Waals surface area contributed by atoms with Gasteiger partial charge < -0.3 is 9.94 Å². The van der Waals surface area contributed by atoms with Crippen LogP contribution in [0.3, 0.4) is 0 Å². The highest BCUT2D eigenvalue weighted by molar-refractivity contribution is 5.68. The Morgan fingerprint density at radius 3 is 2.60 bits per heavy atom. The molecule has 15 heavy (non-hydrogen) atoms. The van der Waals surface area contributed by atoms with Crippen molar-refractivity contribution in [2.75, 3.05) is 6.54 Å². The minimum Gasteiger partial charge on any atom is -0.390 e. The second kappa shape index (κ2) is 7.65. The fourth-order valence-corrected chi connectivity index (χ4v) is 1.06. The van der Waals surface area contributed by atoms with Gasteiger partial charge in [-0.2, -0.15) is 5.48 Å². The highest BCUT2D eigenvalue weighted by Gasteiger charge is 2.11. The molecule has 90 valence electrons. The summed E-state index contributed by atoms with van der Waals surface area (Å²) >= 11 is 0. The summed E-state index contributed by atoms with van der Waals surface area (Å²) in [7, 11) is 0. The summed E-state index contributed by atoms with van der Waals surface area (Å²) in [5.41, 5.74) is 1.84. The van der Waals surface area contributed by atoms with E-state index in [1.54, 1.807) is 13.8 Å². The van der Waals surface area contributed by atoms with E-state index in [1.165, 1.54) is 0 Å². The Bertz CT molecular complexity index is 175. The highest BCUT2D eigenvalue weighted by atomic mass is 16.7. The van der Waals surface area contributed by atoms with Gasteiger partial charge in [-0.15, -0.1) is 0 Å². The van der Waals surface area contributed by atoms with Crippen molar-refractivity contribution in [3.8, 4) is 0 Å². The maximum Gasteiger partial charge on any atom is 0.324 e. The lowest BCUT2D eigenvalue weighted by molar-refractivity contribution is -0.151. The minimum atomic E-state index is -0.721. The molecule has 0 aliphatic rings. The van der Waals surface area contributed by atoms with Crippen molar-refractivity contribution < 1.29 is 14.7 Å². The molecule has 4 heteroatoms. The molecule has 0 atom stereocenters. The largest absolute Gasteiger partial charge is 0.390 e. The number of carbonyl (C=O) groups excluding carboxylic acids is 1. The van der Waals surface area contributed by atoms with Crippen LogP contribution < -0.4 is 5.48 Å². The first-order valence-corrected chi connectivity index (χ1v) is 5.60. The first-order valence-electron chi connectivity index (χ1n) is 5.60. The van der Waals surface area contributed by atoms with Gasteiger partial charge in [0.15, 0.2) is 0 Å². The lowest BCUT2D eigenvalue weighted by Gasteiger charge is -2.16. The second-order valence-electron chi connectivity index (χ2n) is 4.39. The third-order valence-electron chi connectivity index (χ3n) is 2.01. The molecule has 0 rings (SSSR count). The van der Waals surface area contributed by atoms with Gasteiger partial charge in [0.05, 0.1) is 5.60 Å². The Morgan fingerprint density at radius 1 is 1.40 bits per heavy atom. The third kappa shape index (κ3) is 11.3. The third-order valence-corrected chi connectivity index (χ3v) is 2.01. The van der Waals surface area contributed by atoms with E-state index >= 15 is 0 Å². The molecule has 0 amide bonds. The van der Waals surface area contributed by atoms with E-state index in [0.29, 0.717) is 19.4 Å². The molecule has 0 aromatic carbocycles. The van der Waals surface area contributed by atoms with E-state index in [1.807, 2.05) is 0 Å². The van der Waals surface area contributed by atoms with Gasteiger partial charge >= 0.3 is 5.97 Å². The fourth-order valence-electron chi connectivity index (χ4n) is 1.06. The van der Waals surface area contributed by atoms with Crippen molar-refractivity contribution in [1.82, 2.24) is 5.48 Å². The second-order valence-corrected chi connectivity index (χ2v) is 4.39. The van der Waals surface area contributed by atoms with Crippen LogP contribution in [-0.2, 0) is 9.63 Å². The van der Waals surface area contributed by atoms with Crippen LogP contribution in [0.25, 0.3) is 0 Å². The van der Waals surface area contributed by atoms with Gasteiger partial charge in [-0.1, -0.05) is 19.8 Å². The SMILES string of the molecule is CCCCCC(=O)ONCCC(C)(C)O. The van der Waals surface area contributed by atoms with E-state index < -0.39 is 5.60 Å². The molecule has 0 saturated heterocycles. The normalized spacial score (nSPS) is 11.5. The zero-order valence-corrected chi connectivity index (χ0v) is 10.0. The number of carbonyl (C=O) groups is 1. The molecule has 0 unspecified atom stereocenters. The number of aliphatic hydroxyl groups is 1. The predicted octanol–water partition coefficient (Wildman–Crippen LogP) is 1.78. The Hall–Kier alpha value is -0.610. The van der Waals surface area contributed by atoms with Crippen LogP contribution in [0.1, 0.15) is 52.9 Å². The molecular weight excluding hydrogens is 194 g/mol. The van der Waals surface area contributed by atoms with Crippen LogP contribution in [0.15, 0.2) is 0 Å². The number of unbranched alkanes of at least 4 members (excludes halogenated alkanes) is 2. The van der Waals surface area contributed by atoms with Crippen LogP contribution in [0.2, 0.25) is 0 Å². The number of hydrogen-bond donors (Lipinski definition) is 2. The Kier molecular flexibility index (Phi) is 7.34. The molecule has 2 N–H and O–H groups in total. The van der Waals surface area contributed by atoms with Crippen molar-refractivity contribution >= 4 is 5.97 Å². The molecule has 0 spiro atoms. The fraction of sp³-hybridized carbons (Fsp3) is 0.909. The molecular formula is C11H23NO3. The maximum atomic E-state index is 11.1. The van der Waals surface area contributed by atoms with Crippen LogP contribution in [0.5, 0.6) is 0 Å². The van der Waals surface area contributed by atoms with Gasteiger partial charge in [-0.3, -0.25) is 4.79 Å². The van der Waals surface area contributed by atoms with Gasteiger partial charge in [-0.05, 0) is 26.7 Å². The Labute approximate surface area is 92.0 Å². The molecule has 0 heterocycles. The molecule has 4 nitrogen and oxygen atoms in total. The molecule has 0 fully saturated rings. The van der Waals surface area contributed by atoms with Gasteiger partial charge in [0, 0.05) is 13.0 Å². The lowest BCUT2D eigenvalue weighted by Crippen LogP contribution is -2.28. The summed E-state index contributed by atoms with van der Waals surface area (Å²) in [4.78, 5) is 15.9. The first kappa shape index (κ1) is 14.4. The molecule has 0 aromatic heterocycles. The summed E-state index contributed by atoms with van der Waals surface area (Å²) in [6.07, 6.45) is 4.04. The molecule has 0 bridgehead atoms. The van der Waals surface area contributed by atoms with E-state index in [9.17, 15) is 9.90 Å². The van der Waals surface area contributed by atoms with Crippen LogP contribution >= 0.6 is 0 Å². The van der Waals surface area contributed by atoms with Gasteiger partial charge in [-0.25, -0.2) is 0 Å². The van der Waals surface area contributed by atoms with Crippen molar-refractivity contribution in [1.29, 1.82) is 0 Å². The topological polar surface area (TPSA) is 58.6 Å². The van der Waals surface area contributed by atoms with Crippen LogP contribution in [0, 0.1) is 0 Å². The molecule has 0 saturated carbocycles. The Balaban J connectivity index is 3.32. The van der Waals surface area contributed by atoms with E-state index in [0.717, 1.165) is 19.3 Å². The first-order chi connectivity index (χ1) is 6.95. The van der Waals surface area contributed by atoms with Gasteiger partial charge in [0.25, 0.3) is 0 Å². The minimum absolute atomic E-state index is 0.223. The van der Waals surface area contributed by atoms with E-state index in [2.05, 4.69) is 12.4 Å². The smallest absolute Gasteiger partial charge is 0.324 e. The van der Waals surface area contributed by atoms with Gasteiger partial charge in [0.2, 0.25) is 0 Å². The maximum absolute atomic E-state index is 11.1. The number of hydroxylamine groups is 1. The summed E-state index contributed by atoms with van der Waals surface area (Å²) in [5, 5.41) is 9.38. The predicted molar refractivity (Wildman–Crippen MR) is 59.2 cm³/mol. The van der Waals surface area contributed by atoms with E-state index in [-0.39, 0.29) is 5.97 Å². The molecule has 0 aliphatic carbocycles. The van der Waals surface area contributed by atoms with Crippen LogP contribution in [-0.4, -0.2) is 23.2 Å². The van der Waals surface area contributed by atoms with Crippen molar-refractivity contribution in [3.05, 3.63) is 0 Å². The average molecular weight is 217 g/mol. The highest BCUT2D eigenvalue weighted by Crippen LogP contribution is 2.05. The molecule has 0 aromatic rings. The Morgan fingerprint density at radius 2 is 2.07 bits per heavy atom. The summed E-state index contributed by atoms with van der Waals surface area (Å²) in [6.45, 7) is 6.01. The zero-order chi connectivity index (χ0) is 11.7. The van der Waals surface area contributed by atoms with Crippen molar-refractivity contribution in [3.63, 3.8) is 0 Å². The molecule has 0 aliphatic heterocycles. The van der Waals surface area contributed by atoms with Crippen LogP contribution in [0.4, 0.5) is 0 Å². The lowest BCUT2D eigenvalue weighted by atomic mass is 10.1. The number of nitrogens with one attached hydrogen (secondary N) is 1. The number of rotatable bonds is 8. The number of hydrogen-bond acceptors (Lipinski definition) is 4. The molecule has 0 radical (unpaired) electrons. The summed E-state index contributed by atoms with van der Waals surface area (Å²) in [5.74, 6) is -0.223. The van der Waals surface area contributed by atoms with Crippen molar-refractivity contribution in [2.24, 2.45) is 0 Å². The monoisotopic (exact) mass is 217 g/mol. The van der Waals surface area contributed by atoms with Gasteiger partial charge in [0.1, 0.15) is 0 Å². The standard InChI is InChI=1S/C11H23NO3/c1-4-5-6-7-10(13)15-12-9-8-11(2,3)14/h12,14H,4-9H2,1-3H3. The average Bonchev–Trinajstić information content (AvgIpc) is 2.11. The summed E-state index contributed by atoms with van der Waals surface area (Å²) < 4.78 is 0. The van der Waals surface area contributed by atoms with E-state index in [4.69, 9.17) is 4.84 Å². The van der Waals surface area contributed by atoms with Crippen molar-refractivity contribution in [2.45, 2.75) is 58.5 Å². The zero-order valence-electron chi connectivity index (χ0n) is 10.0. The quantitative estimate of drug-likeness (QED) is 0.480.